The van der Waals surface area contributed by atoms with Gasteiger partial charge in [0, 0.05) is 34.6 Å². The number of halogens is 2. The predicted octanol–water partition coefficient (Wildman–Crippen LogP) is 7.18. The second kappa shape index (κ2) is 17.9. The summed E-state index contributed by atoms with van der Waals surface area (Å²) >= 11 is 7.89. The molecular weight excluding hydrogens is 609 g/mol. The fourth-order valence-electron chi connectivity index (χ4n) is 5.19. The van der Waals surface area contributed by atoms with Crippen LogP contribution in [0.5, 0.6) is 0 Å². The molecule has 11 heteroatoms. The summed E-state index contributed by atoms with van der Waals surface area (Å²) in [4.78, 5) is 25.9. The topological polar surface area (TPSA) is 127 Å². The highest BCUT2D eigenvalue weighted by atomic mass is 35.5. The number of nitrogens with two attached hydrogens (primary N) is 2. The van der Waals surface area contributed by atoms with Crippen LogP contribution in [-0.2, 0) is 6.42 Å². The fraction of sp³-hybridized carbons (Fsp3) is 0.382. The van der Waals surface area contributed by atoms with Gasteiger partial charge in [0.1, 0.15) is 5.65 Å². The highest BCUT2D eigenvalue weighted by Gasteiger charge is 2.18. The highest BCUT2D eigenvalue weighted by Crippen LogP contribution is 2.33. The van der Waals surface area contributed by atoms with Gasteiger partial charge in [0.25, 0.3) is 0 Å². The van der Waals surface area contributed by atoms with Crippen LogP contribution in [0.25, 0.3) is 28.0 Å². The minimum atomic E-state index is -0.510. The Hall–Kier alpha value is -3.44. The van der Waals surface area contributed by atoms with E-state index < -0.39 is 11.5 Å². The van der Waals surface area contributed by atoms with E-state index in [2.05, 4.69) is 46.4 Å². The molecule has 1 unspecified atom stereocenters. The molecular formula is C34H45ClFN7OS. The van der Waals surface area contributed by atoms with Crippen molar-refractivity contribution in [2.75, 3.05) is 25.9 Å². The quantitative estimate of drug-likeness (QED) is 0.0354. The zero-order valence-corrected chi connectivity index (χ0v) is 28.0. The minimum absolute atomic E-state index is 0.0613. The molecule has 0 fully saturated rings. The van der Waals surface area contributed by atoms with Crippen molar-refractivity contribution in [3.63, 3.8) is 0 Å². The second-order valence-corrected chi connectivity index (χ2v) is 11.9. The van der Waals surface area contributed by atoms with E-state index in [-0.39, 0.29) is 11.1 Å². The number of hydrogen-bond donors (Lipinski definition) is 4. The number of aromatic nitrogens is 3. The third-order valence-corrected chi connectivity index (χ3v) is 8.41. The molecule has 1 atom stereocenters. The summed E-state index contributed by atoms with van der Waals surface area (Å²) in [5, 5.41) is 4.42. The number of amidine groups is 1. The summed E-state index contributed by atoms with van der Waals surface area (Å²) in [6, 6.07) is 11.5. The molecule has 0 amide bonds. The number of H-pyrrole nitrogens is 1. The Morgan fingerprint density at radius 1 is 1.22 bits per heavy atom. The molecule has 2 aromatic heterocycles. The van der Waals surface area contributed by atoms with Gasteiger partial charge in [-0.05, 0) is 99.8 Å². The number of aryl methyl sites for hydroxylation is 1. The van der Waals surface area contributed by atoms with E-state index in [1.165, 1.54) is 10.1 Å². The number of hydrogen-bond acceptors (Lipinski definition) is 6. The van der Waals surface area contributed by atoms with Gasteiger partial charge in [-0.15, -0.1) is 24.9 Å². The lowest BCUT2D eigenvalue weighted by Gasteiger charge is -2.22. The van der Waals surface area contributed by atoms with Crippen molar-refractivity contribution in [3.8, 4) is 16.9 Å². The number of rotatable bonds is 15. The van der Waals surface area contributed by atoms with E-state index >= 15 is 4.39 Å². The van der Waals surface area contributed by atoms with Gasteiger partial charge in [0.05, 0.1) is 22.2 Å². The summed E-state index contributed by atoms with van der Waals surface area (Å²) in [7, 11) is 0. The van der Waals surface area contributed by atoms with Crippen molar-refractivity contribution in [2.24, 2.45) is 16.5 Å². The smallest absolute Gasteiger partial charge is 0.354 e. The van der Waals surface area contributed by atoms with Gasteiger partial charge in [-0.2, -0.15) is 4.98 Å². The Morgan fingerprint density at radius 3 is 2.69 bits per heavy atom. The van der Waals surface area contributed by atoms with Crippen molar-refractivity contribution in [3.05, 3.63) is 88.2 Å². The first kappa shape index (κ1) is 36.0. The number of nitrogens with one attached hydrogen (secondary N) is 2. The molecule has 0 radical (unpaired) electrons. The normalized spacial score (nSPS) is 12.3. The van der Waals surface area contributed by atoms with Crippen molar-refractivity contribution >= 4 is 40.2 Å². The molecule has 8 nitrogen and oxygen atoms in total. The Kier molecular flexibility index (Phi) is 14.3. The highest BCUT2D eigenvalue weighted by molar-refractivity contribution is 7.98. The van der Waals surface area contributed by atoms with Crippen LogP contribution in [0.1, 0.15) is 63.1 Å². The summed E-state index contributed by atoms with van der Waals surface area (Å²) in [6.07, 6.45) is 9.22. The van der Waals surface area contributed by atoms with Crippen LogP contribution < -0.4 is 22.5 Å². The number of benzene rings is 2. The molecule has 0 spiro atoms. The zero-order valence-electron chi connectivity index (χ0n) is 26.5. The summed E-state index contributed by atoms with van der Waals surface area (Å²) in [5.41, 5.74) is 15.0. The van der Waals surface area contributed by atoms with Crippen LogP contribution in [0.3, 0.4) is 0 Å². The van der Waals surface area contributed by atoms with E-state index in [9.17, 15) is 4.79 Å². The van der Waals surface area contributed by atoms with Crippen LogP contribution >= 0.6 is 23.4 Å². The van der Waals surface area contributed by atoms with Crippen molar-refractivity contribution in [1.29, 1.82) is 0 Å². The van der Waals surface area contributed by atoms with E-state index in [1.54, 1.807) is 43.1 Å². The lowest BCUT2D eigenvalue weighted by molar-refractivity contribution is 0.484. The van der Waals surface area contributed by atoms with E-state index in [0.29, 0.717) is 41.2 Å². The lowest BCUT2D eigenvalue weighted by atomic mass is 10.0. The third kappa shape index (κ3) is 9.53. The van der Waals surface area contributed by atoms with Gasteiger partial charge >= 0.3 is 5.69 Å². The Labute approximate surface area is 274 Å². The van der Waals surface area contributed by atoms with Gasteiger partial charge < -0.3 is 21.8 Å². The first-order valence-corrected chi connectivity index (χ1v) is 16.8. The molecule has 45 heavy (non-hydrogen) atoms. The lowest BCUT2D eigenvalue weighted by Crippen LogP contribution is -2.24. The van der Waals surface area contributed by atoms with E-state index in [1.807, 2.05) is 18.4 Å². The standard InChI is InChI=1S/C32H41ClFN7OS.C2H4/c1-4-8-27(38-14-7-13-37-20(2)36)24-11-10-23(18-29(24)43-3)41-19-22-17-28(39-31(22)40-32(41)42)25-15-21(9-5-6-12-35)16-26(33)30(25)34;1-2/h10-11,15-19,27,38H,4-9,12-14,35H2,1-3H3,(H2,36,37)(H,39,40,42);1-2H2. The molecule has 242 valence electrons. The molecule has 0 saturated carbocycles. The van der Waals surface area contributed by atoms with Gasteiger partial charge in [-0.25, -0.2) is 9.18 Å². The number of aromatic amines is 1. The van der Waals surface area contributed by atoms with Gasteiger partial charge in [-0.1, -0.05) is 31.0 Å². The molecule has 0 aliphatic carbocycles. The molecule has 4 aromatic rings. The molecule has 6 N–H and O–H groups in total. The van der Waals surface area contributed by atoms with Crippen molar-refractivity contribution in [1.82, 2.24) is 19.9 Å². The molecule has 2 aromatic carbocycles. The van der Waals surface area contributed by atoms with Gasteiger partial charge in [0.2, 0.25) is 0 Å². The minimum Gasteiger partial charge on any atom is -0.388 e. The van der Waals surface area contributed by atoms with E-state index in [4.69, 9.17) is 23.1 Å². The summed E-state index contributed by atoms with van der Waals surface area (Å²) in [6.45, 7) is 12.1. The Balaban J connectivity index is 0.00000271. The molecule has 0 bridgehead atoms. The Morgan fingerprint density at radius 2 is 2.00 bits per heavy atom. The third-order valence-electron chi connectivity index (χ3n) is 7.34. The fourth-order valence-corrected chi connectivity index (χ4v) is 6.11. The molecule has 0 aliphatic heterocycles. The number of nitrogens with zero attached hydrogens (tertiary/aromatic N) is 3. The summed E-state index contributed by atoms with van der Waals surface area (Å²) in [5.74, 6) is 0.0904. The molecule has 2 heterocycles. The monoisotopic (exact) mass is 653 g/mol. The number of aliphatic imine (C=N–C) groups is 1. The number of unbranched alkanes of at least 4 members (excludes halogenated alkanes) is 1. The average Bonchev–Trinajstić information content (AvgIpc) is 3.44. The van der Waals surface area contributed by atoms with Gasteiger partial charge in [0.15, 0.2) is 5.82 Å². The van der Waals surface area contributed by atoms with Crippen LogP contribution in [0.2, 0.25) is 5.02 Å². The zero-order chi connectivity index (χ0) is 32.9. The average molecular weight is 654 g/mol. The van der Waals surface area contributed by atoms with E-state index in [0.717, 1.165) is 61.2 Å². The molecule has 4 rings (SSSR count). The van der Waals surface area contributed by atoms with Crippen LogP contribution in [0, 0.1) is 5.82 Å². The molecule has 0 saturated heterocycles. The van der Waals surface area contributed by atoms with Crippen molar-refractivity contribution in [2.45, 2.75) is 63.3 Å². The maximum atomic E-state index is 15.1. The SMILES string of the molecule is C=C.CCCC(NCCCN=C(C)N)c1ccc(-n2cc3cc(-c4cc(CCCCN)cc(Cl)c4F)[nH]c3nc2=O)cc1SC. The largest absolute Gasteiger partial charge is 0.388 e. The molecule has 0 aliphatic rings. The van der Waals surface area contributed by atoms with Gasteiger partial charge in [-0.3, -0.25) is 9.56 Å². The Bertz CT molecular complexity index is 1650. The van der Waals surface area contributed by atoms with Crippen LogP contribution in [0.15, 0.2) is 70.4 Å². The maximum absolute atomic E-state index is 15.1. The predicted molar refractivity (Wildman–Crippen MR) is 190 cm³/mol. The van der Waals surface area contributed by atoms with Crippen LogP contribution in [-0.4, -0.2) is 46.3 Å². The van der Waals surface area contributed by atoms with Crippen LogP contribution in [0.4, 0.5) is 4.39 Å². The number of fused-ring (bicyclic) bond motifs is 1. The van der Waals surface area contributed by atoms with Crippen molar-refractivity contribution < 1.29 is 4.39 Å². The first-order chi connectivity index (χ1) is 21.7. The number of thioether (sulfide) groups is 1. The maximum Gasteiger partial charge on any atom is 0.354 e. The first-order valence-electron chi connectivity index (χ1n) is 15.2. The second-order valence-electron chi connectivity index (χ2n) is 10.7. The summed E-state index contributed by atoms with van der Waals surface area (Å²) < 4.78 is 16.7.